The van der Waals surface area contributed by atoms with Crippen molar-refractivity contribution in [2.75, 3.05) is 25.0 Å². The predicted molar refractivity (Wildman–Crippen MR) is 86.6 cm³/mol. The number of pyridine rings is 1. The number of carbonyl (C=O) groups is 1. The van der Waals surface area contributed by atoms with E-state index in [-0.39, 0.29) is 11.5 Å². The molecule has 0 saturated carbocycles. The molecule has 0 radical (unpaired) electrons. The van der Waals surface area contributed by atoms with Crippen LogP contribution in [0.15, 0.2) is 41.5 Å². The predicted octanol–water partition coefficient (Wildman–Crippen LogP) is 1.95. The van der Waals surface area contributed by atoms with Crippen molar-refractivity contribution < 1.29 is 13.9 Å². The second-order valence-corrected chi connectivity index (χ2v) is 6.43. The summed E-state index contributed by atoms with van der Waals surface area (Å²) in [5.74, 6) is 0.789. The molecular weight excluding hydrogens is 308 g/mol. The summed E-state index contributed by atoms with van der Waals surface area (Å²) in [6, 6.07) is 6.15. The van der Waals surface area contributed by atoms with Crippen LogP contribution in [0.2, 0.25) is 0 Å². The molecule has 4 heterocycles. The van der Waals surface area contributed by atoms with Gasteiger partial charge in [0.25, 0.3) is 5.91 Å². The van der Waals surface area contributed by atoms with Crippen LogP contribution in [0.25, 0.3) is 0 Å². The van der Waals surface area contributed by atoms with E-state index in [2.05, 4.69) is 15.3 Å². The van der Waals surface area contributed by atoms with Crippen molar-refractivity contribution in [1.29, 1.82) is 0 Å². The first kappa shape index (κ1) is 15.1. The van der Waals surface area contributed by atoms with Crippen LogP contribution in [0.1, 0.15) is 29.8 Å². The van der Waals surface area contributed by atoms with E-state index in [0.29, 0.717) is 31.4 Å². The average Bonchev–Trinajstić information content (AvgIpc) is 3.26. The summed E-state index contributed by atoms with van der Waals surface area (Å²) in [4.78, 5) is 22.5. The van der Waals surface area contributed by atoms with Crippen LogP contribution in [-0.2, 0) is 4.74 Å². The van der Waals surface area contributed by atoms with Crippen LogP contribution in [0.5, 0.6) is 0 Å². The Morgan fingerprint density at radius 2 is 2.33 bits per heavy atom. The molecular formula is C17H20N4O3. The zero-order valence-electron chi connectivity index (χ0n) is 13.4. The van der Waals surface area contributed by atoms with E-state index in [9.17, 15) is 4.79 Å². The van der Waals surface area contributed by atoms with Crippen molar-refractivity contribution in [1.82, 2.24) is 14.9 Å². The molecule has 0 aromatic carbocycles. The third-order valence-corrected chi connectivity index (χ3v) is 4.76. The summed E-state index contributed by atoms with van der Waals surface area (Å²) in [5.41, 5.74) is 0.0791. The summed E-state index contributed by atoms with van der Waals surface area (Å²) >= 11 is 0. The fourth-order valence-corrected chi connectivity index (χ4v) is 3.59. The number of carbonyl (C=O) groups excluding carboxylic acids is 1. The molecule has 1 spiro atoms. The minimum Gasteiger partial charge on any atom is -0.451 e. The lowest BCUT2D eigenvalue weighted by atomic mass is 9.89. The fourth-order valence-electron chi connectivity index (χ4n) is 3.59. The summed E-state index contributed by atoms with van der Waals surface area (Å²) in [5, 5.41) is 3.48. The Morgan fingerprint density at radius 3 is 3.12 bits per heavy atom. The Morgan fingerprint density at radius 1 is 1.38 bits per heavy atom. The molecule has 2 saturated heterocycles. The average molecular weight is 328 g/mol. The minimum absolute atomic E-state index is 0.0935. The minimum atomic E-state index is -0.274. The number of likely N-dealkylation sites (tertiary alicyclic amines) is 1. The molecule has 2 atom stereocenters. The monoisotopic (exact) mass is 328 g/mol. The van der Waals surface area contributed by atoms with Gasteiger partial charge in [-0.05, 0) is 31.4 Å². The Labute approximate surface area is 140 Å². The van der Waals surface area contributed by atoms with Gasteiger partial charge in [0.05, 0.1) is 12.1 Å². The Bertz CT molecular complexity index is 691. The molecule has 2 aromatic heterocycles. The van der Waals surface area contributed by atoms with Gasteiger partial charge in [-0.25, -0.2) is 9.97 Å². The smallest absolute Gasteiger partial charge is 0.275 e. The van der Waals surface area contributed by atoms with Crippen LogP contribution in [0.4, 0.5) is 5.82 Å². The topological polar surface area (TPSA) is 80.5 Å². The standard InChI is InChI=1S/C17H20N4O3/c22-16(14-10-23-12-19-14)21-7-5-17(11-21)9-13(4-8-24-17)20-15-3-1-2-6-18-15/h1-3,6,10,12-13H,4-5,7-9,11H2,(H,18,20)/t13-,17-/m1/s1. The molecule has 2 aromatic rings. The maximum atomic E-state index is 12.4. The van der Waals surface area contributed by atoms with Crippen LogP contribution < -0.4 is 5.32 Å². The largest absolute Gasteiger partial charge is 0.451 e. The molecule has 2 aliphatic heterocycles. The molecule has 0 unspecified atom stereocenters. The highest BCUT2D eigenvalue weighted by atomic mass is 16.5. The number of hydrogen-bond donors (Lipinski definition) is 1. The van der Waals surface area contributed by atoms with Gasteiger partial charge in [0.1, 0.15) is 12.1 Å². The van der Waals surface area contributed by atoms with Crippen LogP contribution in [-0.4, -0.2) is 52.1 Å². The zero-order chi connectivity index (χ0) is 16.4. The van der Waals surface area contributed by atoms with Gasteiger partial charge in [0, 0.05) is 25.4 Å². The van der Waals surface area contributed by atoms with Crippen LogP contribution >= 0.6 is 0 Å². The van der Waals surface area contributed by atoms with Crippen molar-refractivity contribution in [2.24, 2.45) is 0 Å². The first-order valence-electron chi connectivity index (χ1n) is 8.23. The number of hydrogen-bond acceptors (Lipinski definition) is 6. The maximum Gasteiger partial charge on any atom is 0.275 e. The lowest BCUT2D eigenvalue weighted by Crippen LogP contribution is -2.47. The first-order chi connectivity index (χ1) is 11.7. The number of nitrogens with zero attached hydrogens (tertiary/aromatic N) is 3. The molecule has 2 aliphatic rings. The number of anilines is 1. The Balaban J connectivity index is 1.41. The van der Waals surface area contributed by atoms with Gasteiger partial charge in [-0.2, -0.15) is 0 Å². The Kier molecular flexibility index (Phi) is 3.93. The van der Waals surface area contributed by atoms with Gasteiger partial charge in [-0.15, -0.1) is 0 Å². The number of aromatic nitrogens is 2. The second-order valence-electron chi connectivity index (χ2n) is 6.43. The third-order valence-electron chi connectivity index (χ3n) is 4.76. The zero-order valence-corrected chi connectivity index (χ0v) is 13.4. The van der Waals surface area contributed by atoms with Gasteiger partial charge in [0.15, 0.2) is 12.1 Å². The van der Waals surface area contributed by atoms with Crippen LogP contribution in [0, 0.1) is 0 Å². The molecule has 24 heavy (non-hydrogen) atoms. The second kappa shape index (κ2) is 6.24. The van der Waals surface area contributed by atoms with Crippen molar-refractivity contribution >= 4 is 11.7 Å². The first-order valence-corrected chi connectivity index (χ1v) is 8.23. The van der Waals surface area contributed by atoms with Crippen molar-refractivity contribution in [3.63, 3.8) is 0 Å². The van der Waals surface area contributed by atoms with Crippen molar-refractivity contribution in [3.8, 4) is 0 Å². The number of oxazole rings is 1. The SMILES string of the molecule is O=C(c1cocn1)N1CC[C@@]2(C[C@H](Nc3ccccn3)CCO2)C1. The molecule has 1 N–H and O–H groups in total. The number of ether oxygens (including phenoxy) is 1. The third kappa shape index (κ3) is 2.99. The van der Waals surface area contributed by atoms with Crippen molar-refractivity contribution in [3.05, 3.63) is 42.7 Å². The molecule has 2 fully saturated rings. The van der Waals surface area contributed by atoms with E-state index in [0.717, 1.165) is 25.1 Å². The van der Waals surface area contributed by atoms with E-state index in [4.69, 9.17) is 9.15 Å². The lowest BCUT2D eigenvalue weighted by molar-refractivity contribution is -0.0721. The van der Waals surface area contributed by atoms with Gasteiger partial charge in [-0.1, -0.05) is 6.07 Å². The molecule has 7 nitrogen and oxygen atoms in total. The highest BCUT2D eigenvalue weighted by Gasteiger charge is 2.45. The van der Waals surface area contributed by atoms with Gasteiger partial charge >= 0.3 is 0 Å². The maximum absolute atomic E-state index is 12.4. The van der Waals surface area contributed by atoms with E-state index in [1.54, 1.807) is 11.1 Å². The highest BCUT2D eigenvalue weighted by Crippen LogP contribution is 2.35. The van der Waals surface area contributed by atoms with E-state index < -0.39 is 0 Å². The number of rotatable bonds is 3. The summed E-state index contributed by atoms with van der Waals surface area (Å²) in [6.07, 6.45) is 7.10. The lowest BCUT2D eigenvalue weighted by Gasteiger charge is -2.38. The van der Waals surface area contributed by atoms with E-state index >= 15 is 0 Å². The quantitative estimate of drug-likeness (QED) is 0.927. The number of nitrogens with one attached hydrogen (secondary N) is 1. The molecule has 4 rings (SSSR count). The molecule has 0 bridgehead atoms. The molecule has 0 aliphatic carbocycles. The van der Waals surface area contributed by atoms with Gasteiger partial charge in [-0.3, -0.25) is 4.79 Å². The normalized spacial score (nSPS) is 26.7. The summed E-state index contributed by atoms with van der Waals surface area (Å²) in [6.45, 7) is 1.97. The van der Waals surface area contributed by atoms with Gasteiger partial charge < -0.3 is 19.4 Å². The van der Waals surface area contributed by atoms with Crippen molar-refractivity contribution in [2.45, 2.75) is 30.9 Å². The van der Waals surface area contributed by atoms with Crippen LogP contribution in [0.3, 0.4) is 0 Å². The molecule has 7 heteroatoms. The molecule has 126 valence electrons. The number of amides is 1. The highest BCUT2D eigenvalue weighted by molar-refractivity contribution is 5.92. The summed E-state index contributed by atoms with van der Waals surface area (Å²) < 4.78 is 11.0. The Hall–Kier alpha value is -2.41. The van der Waals surface area contributed by atoms with Gasteiger partial charge in [0.2, 0.25) is 0 Å². The van der Waals surface area contributed by atoms with E-state index in [1.807, 2.05) is 18.2 Å². The van der Waals surface area contributed by atoms with E-state index in [1.165, 1.54) is 12.7 Å². The molecule has 1 amide bonds. The summed E-state index contributed by atoms with van der Waals surface area (Å²) in [7, 11) is 0. The fraction of sp³-hybridized carbons (Fsp3) is 0.471.